The van der Waals surface area contributed by atoms with Crippen molar-refractivity contribution < 1.29 is 23.7 Å². The summed E-state index contributed by atoms with van der Waals surface area (Å²) >= 11 is 0. The molecule has 32 heavy (non-hydrogen) atoms. The third kappa shape index (κ3) is 5.09. The average Bonchev–Trinajstić information content (AvgIpc) is 3.29. The third-order valence-electron chi connectivity index (χ3n) is 5.87. The van der Waals surface area contributed by atoms with Gasteiger partial charge in [0.1, 0.15) is 24.4 Å². The lowest BCUT2D eigenvalue weighted by Crippen LogP contribution is -2.56. The van der Waals surface area contributed by atoms with Gasteiger partial charge in [-0.15, -0.1) is 0 Å². The van der Waals surface area contributed by atoms with Crippen LogP contribution in [0.5, 0.6) is 0 Å². The highest BCUT2D eigenvalue weighted by Crippen LogP contribution is 2.35. The van der Waals surface area contributed by atoms with Crippen molar-refractivity contribution in [2.75, 3.05) is 6.61 Å². The molecule has 0 aromatic heterocycles. The van der Waals surface area contributed by atoms with Crippen LogP contribution in [0.1, 0.15) is 16.7 Å². The van der Waals surface area contributed by atoms with Crippen molar-refractivity contribution in [2.45, 2.75) is 50.5 Å². The smallest absolute Gasteiger partial charge is 0.187 e. The van der Waals surface area contributed by atoms with E-state index in [0.717, 1.165) is 16.7 Å². The first-order valence-corrected chi connectivity index (χ1v) is 11.1. The van der Waals surface area contributed by atoms with Gasteiger partial charge >= 0.3 is 0 Å². The summed E-state index contributed by atoms with van der Waals surface area (Å²) < 4.78 is 31.2. The molecular formula is C27H28O5. The van der Waals surface area contributed by atoms with Gasteiger partial charge in [-0.2, -0.15) is 0 Å². The predicted octanol–water partition coefficient (Wildman–Crippen LogP) is 4.50. The number of fused-ring (bicyclic) bond motifs is 2. The van der Waals surface area contributed by atoms with Crippen molar-refractivity contribution in [3.63, 3.8) is 0 Å². The maximum atomic E-state index is 6.44. The van der Waals surface area contributed by atoms with E-state index in [-0.39, 0.29) is 18.3 Å². The largest absolute Gasteiger partial charge is 0.368 e. The monoisotopic (exact) mass is 432 g/mol. The predicted molar refractivity (Wildman–Crippen MR) is 120 cm³/mol. The highest BCUT2D eigenvalue weighted by Gasteiger charge is 2.52. The summed E-state index contributed by atoms with van der Waals surface area (Å²) in [5.74, 6) is 0. The molecule has 2 aliphatic rings. The normalized spacial score (nSPS) is 26.8. The number of benzene rings is 3. The Morgan fingerprint density at radius 2 is 1.00 bits per heavy atom. The Kier molecular flexibility index (Phi) is 6.92. The molecule has 0 N–H and O–H groups in total. The molecule has 2 saturated heterocycles. The van der Waals surface area contributed by atoms with Gasteiger partial charge in [-0.1, -0.05) is 91.0 Å². The highest BCUT2D eigenvalue weighted by molar-refractivity contribution is 5.15. The molecule has 0 spiro atoms. The second-order valence-corrected chi connectivity index (χ2v) is 8.16. The third-order valence-corrected chi connectivity index (χ3v) is 5.87. The molecule has 0 saturated carbocycles. The highest BCUT2D eigenvalue weighted by atomic mass is 16.8. The van der Waals surface area contributed by atoms with Gasteiger partial charge in [-0.05, 0) is 16.7 Å². The zero-order chi connectivity index (χ0) is 21.6. The summed E-state index contributed by atoms with van der Waals surface area (Å²) in [5.41, 5.74) is 3.31. The molecule has 5 heteroatoms. The second-order valence-electron chi connectivity index (χ2n) is 8.16. The van der Waals surface area contributed by atoms with Gasteiger partial charge in [-0.25, -0.2) is 0 Å². The van der Waals surface area contributed by atoms with E-state index in [0.29, 0.717) is 26.4 Å². The van der Waals surface area contributed by atoms with Gasteiger partial charge in [0.2, 0.25) is 0 Å². The minimum absolute atomic E-state index is 0.180. The summed E-state index contributed by atoms with van der Waals surface area (Å²) in [7, 11) is 0. The lowest BCUT2D eigenvalue weighted by atomic mass is 10.00. The van der Waals surface area contributed by atoms with Crippen molar-refractivity contribution in [2.24, 2.45) is 0 Å². The maximum absolute atomic E-state index is 6.44. The van der Waals surface area contributed by atoms with Crippen LogP contribution in [-0.4, -0.2) is 37.3 Å². The van der Waals surface area contributed by atoms with E-state index < -0.39 is 12.4 Å². The van der Waals surface area contributed by atoms with Crippen molar-refractivity contribution in [1.82, 2.24) is 0 Å². The van der Waals surface area contributed by atoms with Gasteiger partial charge < -0.3 is 23.7 Å². The molecule has 3 aromatic rings. The number of rotatable bonds is 9. The van der Waals surface area contributed by atoms with E-state index in [9.17, 15) is 0 Å². The summed E-state index contributed by atoms with van der Waals surface area (Å²) in [5, 5.41) is 0. The lowest BCUT2D eigenvalue weighted by Gasteiger charge is -2.40. The molecule has 5 atom stereocenters. The van der Waals surface area contributed by atoms with Crippen LogP contribution in [0.2, 0.25) is 0 Å². The molecule has 0 radical (unpaired) electrons. The van der Waals surface area contributed by atoms with E-state index in [1.165, 1.54) is 0 Å². The van der Waals surface area contributed by atoms with Gasteiger partial charge in [0.15, 0.2) is 6.29 Å². The molecule has 2 heterocycles. The topological polar surface area (TPSA) is 46.2 Å². The number of ether oxygens (including phenoxy) is 5. The lowest BCUT2D eigenvalue weighted by molar-refractivity contribution is -0.268. The van der Waals surface area contributed by atoms with Crippen LogP contribution in [0.25, 0.3) is 0 Å². The Balaban J connectivity index is 1.33. The first-order chi connectivity index (χ1) is 15.9. The van der Waals surface area contributed by atoms with E-state index in [1.54, 1.807) is 0 Å². The van der Waals surface area contributed by atoms with E-state index in [2.05, 4.69) is 24.3 Å². The molecule has 2 aliphatic heterocycles. The summed E-state index contributed by atoms with van der Waals surface area (Å²) in [6.45, 7) is 1.88. The van der Waals surface area contributed by atoms with Crippen LogP contribution in [-0.2, 0) is 43.5 Å². The van der Waals surface area contributed by atoms with Crippen LogP contribution >= 0.6 is 0 Å². The molecular weight excluding hydrogens is 404 g/mol. The number of hydrogen-bond acceptors (Lipinski definition) is 5. The Hall–Kier alpha value is -2.54. The van der Waals surface area contributed by atoms with Crippen LogP contribution in [0.4, 0.5) is 0 Å². The molecule has 5 rings (SSSR count). The number of hydrogen-bond donors (Lipinski definition) is 0. The minimum Gasteiger partial charge on any atom is -0.368 e. The summed E-state index contributed by atoms with van der Waals surface area (Å²) in [4.78, 5) is 0. The van der Waals surface area contributed by atoms with Crippen LogP contribution < -0.4 is 0 Å². The average molecular weight is 433 g/mol. The maximum Gasteiger partial charge on any atom is 0.187 e. The zero-order valence-corrected chi connectivity index (χ0v) is 17.9. The molecule has 0 amide bonds. The van der Waals surface area contributed by atoms with E-state index in [1.807, 2.05) is 66.7 Å². The molecule has 2 fully saturated rings. The minimum atomic E-state index is -0.457. The Bertz CT molecular complexity index is 892. The Labute approximate surface area is 188 Å². The van der Waals surface area contributed by atoms with Crippen LogP contribution in [0.3, 0.4) is 0 Å². The molecule has 166 valence electrons. The van der Waals surface area contributed by atoms with E-state index >= 15 is 0 Å². The van der Waals surface area contributed by atoms with Crippen molar-refractivity contribution in [1.29, 1.82) is 0 Å². The van der Waals surface area contributed by atoms with Crippen LogP contribution in [0.15, 0.2) is 91.0 Å². The van der Waals surface area contributed by atoms with Gasteiger partial charge in [0, 0.05) is 0 Å². The standard InChI is InChI=1S/C27H28O5/c1-4-10-20(11-5-1)16-28-24-23-19-31-27(32-23)26(30-18-22-14-8-3-9-15-22)25(24)29-17-21-12-6-2-7-13-21/h1-15,23-27H,16-19H2/t23-,24-,25+,26-,27-/m0/s1. The fraction of sp³-hybridized carbons (Fsp3) is 0.333. The van der Waals surface area contributed by atoms with Gasteiger partial charge in [0.05, 0.1) is 26.4 Å². The molecule has 3 aromatic carbocycles. The van der Waals surface area contributed by atoms with Gasteiger partial charge in [-0.3, -0.25) is 0 Å². The summed E-state index contributed by atoms with van der Waals surface area (Å²) in [6, 6.07) is 30.4. The zero-order valence-electron chi connectivity index (χ0n) is 17.9. The van der Waals surface area contributed by atoms with E-state index in [4.69, 9.17) is 23.7 Å². The quantitative estimate of drug-likeness (QED) is 0.498. The van der Waals surface area contributed by atoms with Crippen molar-refractivity contribution in [3.05, 3.63) is 108 Å². The molecule has 0 aliphatic carbocycles. The second kappa shape index (κ2) is 10.4. The first kappa shape index (κ1) is 21.3. The fourth-order valence-corrected chi connectivity index (χ4v) is 4.20. The Morgan fingerprint density at radius 1 is 0.562 bits per heavy atom. The van der Waals surface area contributed by atoms with Crippen LogP contribution in [0, 0.1) is 0 Å². The Morgan fingerprint density at radius 3 is 1.50 bits per heavy atom. The first-order valence-electron chi connectivity index (χ1n) is 11.1. The molecule has 5 nitrogen and oxygen atoms in total. The van der Waals surface area contributed by atoms with Crippen molar-refractivity contribution in [3.8, 4) is 0 Å². The fourth-order valence-electron chi connectivity index (χ4n) is 4.20. The molecule has 2 bridgehead atoms. The van der Waals surface area contributed by atoms with Crippen molar-refractivity contribution >= 4 is 0 Å². The summed E-state index contributed by atoms with van der Waals surface area (Å²) in [6.07, 6.45) is -1.63. The SMILES string of the molecule is c1ccc(CO[C@H]2[C@H](OCc3ccccc3)[C@H]3OC[C@H](O3)[C@@H]2OCc2ccccc2)cc1. The molecule has 0 unspecified atom stereocenters. The van der Waals surface area contributed by atoms with Gasteiger partial charge in [0.25, 0.3) is 0 Å².